The molecule has 90 valence electrons. The second kappa shape index (κ2) is 4.62. The van der Waals surface area contributed by atoms with Crippen LogP contribution in [0.25, 0.3) is 0 Å². The SMILES string of the molecule is CCCc1[nH]nc(C(=O)NC)c1S(N)(=O)=O. The number of hydrogen-bond donors (Lipinski definition) is 3. The molecule has 1 aromatic rings. The van der Waals surface area contributed by atoms with E-state index in [0.29, 0.717) is 12.1 Å². The predicted molar refractivity (Wildman–Crippen MR) is 57.3 cm³/mol. The van der Waals surface area contributed by atoms with Gasteiger partial charge in [0.05, 0.1) is 5.69 Å². The lowest BCUT2D eigenvalue weighted by Crippen LogP contribution is -2.23. The highest BCUT2D eigenvalue weighted by Crippen LogP contribution is 2.17. The van der Waals surface area contributed by atoms with E-state index in [4.69, 9.17) is 5.14 Å². The summed E-state index contributed by atoms with van der Waals surface area (Å²) < 4.78 is 22.7. The number of nitrogens with two attached hydrogens (primary N) is 1. The first-order valence-electron chi connectivity index (χ1n) is 4.74. The van der Waals surface area contributed by atoms with Crippen molar-refractivity contribution in [3.63, 3.8) is 0 Å². The third kappa shape index (κ3) is 2.39. The van der Waals surface area contributed by atoms with Gasteiger partial charge < -0.3 is 5.32 Å². The van der Waals surface area contributed by atoms with Gasteiger partial charge in [0.15, 0.2) is 5.69 Å². The standard InChI is InChI=1S/C8H14N4O3S/c1-3-4-5-7(16(9,14)15)6(12-11-5)8(13)10-2/h3-4H2,1-2H3,(H,10,13)(H,11,12)(H2,9,14,15). The summed E-state index contributed by atoms with van der Waals surface area (Å²) in [6.45, 7) is 1.88. The number of H-pyrrole nitrogens is 1. The molecule has 0 aliphatic carbocycles. The Labute approximate surface area is 93.5 Å². The molecule has 7 nitrogen and oxygen atoms in total. The third-order valence-electron chi connectivity index (χ3n) is 2.02. The normalized spacial score (nSPS) is 11.4. The summed E-state index contributed by atoms with van der Waals surface area (Å²) in [6.07, 6.45) is 1.19. The van der Waals surface area contributed by atoms with Crippen LogP contribution in [0.5, 0.6) is 0 Å². The zero-order chi connectivity index (χ0) is 12.3. The summed E-state index contributed by atoms with van der Waals surface area (Å²) in [4.78, 5) is 11.2. The van der Waals surface area contributed by atoms with Crippen molar-refractivity contribution in [2.75, 3.05) is 7.05 Å². The maximum absolute atomic E-state index is 11.4. The lowest BCUT2D eigenvalue weighted by molar-refractivity contribution is 0.0955. The van der Waals surface area contributed by atoms with Crippen molar-refractivity contribution >= 4 is 15.9 Å². The molecule has 0 spiro atoms. The van der Waals surface area contributed by atoms with Crippen molar-refractivity contribution in [3.05, 3.63) is 11.4 Å². The number of primary sulfonamides is 1. The molecule has 1 rings (SSSR count). The van der Waals surface area contributed by atoms with E-state index in [2.05, 4.69) is 15.5 Å². The van der Waals surface area contributed by atoms with Crippen LogP contribution in [0.15, 0.2) is 4.90 Å². The maximum Gasteiger partial charge on any atom is 0.272 e. The van der Waals surface area contributed by atoms with Crippen molar-refractivity contribution in [3.8, 4) is 0 Å². The largest absolute Gasteiger partial charge is 0.354 e. The molecule has 0 aliphatic heterocycles. The molecular formula is C8H14N4O3S. The van der Waals surface area contributed by atoms with Gasteiger partial charge in [-0.05, 0) is 6.42 Å². The van der Waals surface area contributed by atoms with Gasteiger partial charge in [-0.2, -0.15) is 5.10 Å². The van der Waals surface area contributed by atoms with Crippen LogP contribution in [0.3, 0.4) is 0 Å². The van der Waals surface area contributed by atoms with Gasteiger partial charge in [0.2, 0.25) is 10.0 Å². The van der Waals surface area contributed by atoms with Gasteiger partial charge in [-0.1, -0.05) is 13.3 Å². The molecule has 1 amide bonds. The van der Waals surface area contributed by atoms with Crippen molar-refractivity contribution in [1.29, 1.82) is 0 Å². The summed E-state index contributed by atoms with van der Waals surface area (Å²) in [5.41, 5.74) is 0.178. The van der Waals surface area contributed by atoms with E-state index in [0.717, 1.165) is 6.42 Å². The first-order chi connectivity index (χ1) is 7.41. The highest BCUT2D eigenvalue weighted by Gasteiger charge is 2.26. The number of nitrogens with zero attached hydrogens (tertiary/aromatic N) is 1. The number of amides is 1. The van der Waals surface area contributed by atoms with Crippen molar-refractivity contribution in [2.24, 2.45) is 5.14 Å². The van der Waals surface area contributed by atoms with E-state index in [1.165, 1.54) is 7.05 Å². The Morgan fingerprint density at radius 2 is 2.19 bits per heavy atom. The molecule has 1 heterocycles. The Kier molecular flexibility index (Phi) is 3.66. The number of rotatable bonds is 4. The Bertz CT molecular complexity index is 491. The molecule has 8 heteroatoms. The molecular weight excluding hydrogens is 232 g/mol. The molecule has 1 aromatic heterocycles. The molecule has 0 saturated heterocycles. The fraction of sp³-hybridized carbons (Fsp3) is 0.500. The lowest BCUT2D eigenvalue weighted by atomic mass is 10.2. The fourth-order valence-electron chi connectivity index (χ4n) is 1.37. The minimum atomic E-state index is -3.95. The average molecular weight is 246 g/mol. The Hall–Kier alpha value is -1.41. The first-order valence-corrected chi connectivity index (χ1v) is 6.28. The maximum atomic E-state index is 11.4. The number of aromatic amines is 1. The number of carbonyl (C=O) groups is 1. The van der Waals surface area contributed by atoms with Gasteiger partial charge in [-0.25, -0.2) is 13.6 Å². The average Bonchev–Trinajstić information content (AvgIpc) is 2.60. The summed E-state index contributed by atoms with van der Waals surface area (Å²) in [7, 11) is -2.56. The van der Waals surface area contributed by atoms with Gasteiger partial charge >= 0.3 is 0 Å². The van der Waals surface area contributed by atoms with Crippen LogP contribution in [0, 0.1) is 0 Å². The quantitative estimate of drug-likeness (QED) is 0.655. The highest BCUT2D eigenvalue weighted by atomic mass is 32.2. The third-order valence-corrected chi connectivity index (χ3v) is 3.03. The van der Waals surface area contributed by atoms with Crippen molar-refractivity contribution in [1.82, 2.24) is 15.5 Å². The summed E-state index contributed by atoms with van der Waals surface area (Å²) >= 11 is 0. The summed E-state index contributed by atoms with van der Waals surface area (Å²) in [6, 6.07) is 0. The fourth-order valence-corrected chi connectivity index (χ4v) is 2.27. The molecule has 0 unspecified atom stereocenters. The number of sulfonamides is 1. The molecule has 0 atom stereocenters. The van der Waals surface area contributed by atoms with Gasteiger partial charge in [0.25, 0.3) is 5.91 Å². The number of aromatic nitrogens is 2. The lowest BCUT2D eigenvalue weighted by Gasteiger charge is -2.01. The minimum absolute atomic E-state index is 0.187. The smallest absolute Gasteiger partial charge is 0.272 e. The van der Waals surface area contributed by atoms with Crippen LogP contribution in [0.1, 0.15) is 29.5 Å². The van der Waals surface area contributed by atoms with Gasteiger partial charge in [-0.15, -0.1) is 0 Å². The van der Waals surface area contributed by atoms with E-state index < -0.39 is 15.9 Å². The zero-order valence-electron chi connectivity index (χ0n) is 9.07. The monoisotopic (exact) mass is 246 g/mol. The molecule has 16 heavy (non-hydrogen) atoms. The van der Waals surface area contributed by atoms with E-state index in [1.807, 2.05) is 6.92 Å². The molecule has 0 radical (unpaired) electrons. The van der Waals surface area contributed by atoms with E-state index in [-0.39, 0.29) is 10.6 Å². The Balaban J connectivity index is 3.37. The second-order valence-electron chi connectivity index (χ2n) is 3.25. The van der Waals surface area contributed by atoms with Crippen LogP contribution in [-0.2, 0) is 16.4 Å². The molecule has 4 N–H and O–H groups in total. The van der Waals surface area contributed by atoms with Crippen LogP contribution in [0.4, 0.5) is 0 Å². The Morgan fingerprint density at radius 1 is 1.56 bits per heavy atom. The molecule has 0 bridgehead atoms. The van der Waals surface area contributed by atoms with Crippen molar-refractivity contribution < 1.29 is 13.2 Å². The van der Waals surface area contributed by atoms with Gasteiger partial charge in [0, 0.05) is 7.05 Å². The minimum Gasteiger partial charge on any atom is -0.354 e. The van der Waals surface area contributed by atoms with Gasteiger partial charge in [0.1, 0.15) is 4.90 Å². The van der Waals surface area contributed by atoms with Crippen LogP contribution < -0.4 is 10.5 Å². The van der Waals surface area contributed by atoms with E-state index >= 15 is 0 Å². The number of nitrogens with one attached hydrogen (secondary N) is 2. The van der Waals surface area contributed by atoms with E-state index in [9.17, 15) is 13.2 Å². The highest BCUT2D eigenvalue weighted by molar-refractivity contribution is 7.89. The van der Waals surface area contributed by atoms with Crippen LogP contribution in [-0.4, -0.2) is 31.6 Å². The Morgan fingerprint density at radius 3 is 2.62 bits per heavy atom. The van der Waals surface area contributed by atoms with E-state index in [1.54, 1.807) is 0 Å². The summed E-state index contributed by atoms with van der Waals surface area (Å²) in [5, 5.41) is 13.6. The molecule has 0 aliphatic rings. The number of carbonyl (C=O) groups excluding carboxylic acids is 1. The molecule has 0 aromatic carbocycles. The number of aryl methyl sites for hydroxylation is 1. The molecule has 0 saturated carbocycles. The van der Waals surface area contributed by atoms with Crippen molar-refractivity contribution in [2.45, 2.75) is 24.7 Å². The number of hydrogen-bond acceptors (Lipinski definition) is 4. The zero-order valence-corrected chi connectivity index (χ0v) is 9.89. The predicted octanol–water partition coefficient (Wildman–Crippen LogP) is -0.631. The first kappa shape index (κ1) is 12.7. The molecule has 0 fully saturated rings. The van der Waals surface area contributed by atoms with Crippen LogP contribution >= 0.6 is 0 Å². The second-order valence-corrected chi connectivity index (χ2v) is 4.75. The topological polar surface area (TPSA) is 118 Å². The van der Waals surface area contributed by atoms with Gasteiger partial charge in [-0.3, -0.25) is 9.89 Å². The summed E-state index contributed by atoms with van der Waals surface area (Å²) in [5.74, 6) is -0.581. The van der Waals surface area contributed by atoms with Crippen LogP contribution in [0.2, 0.25) is 0 Å².